The van der Waals surface area contributed by atoms with Crippen molar-refractivity contribution in [1.29, 1.82) is 0 Å². The Labute approximate surface area is 108 Å². The second-order valence-corrected chi connectivity index (χ2v) is 3.76. The van der Waals surface area contributed by atoms with Crippen LogP contribution < -0.4 is 15.2 Å². The van der Waals surface area contributed by atoms with Crippen LogP contribution in [0, 0.1) is 11.6 Å². The summed E-state index contributed by atoms with van der Waals surface area (Å²) < 4.78 is 36.8. The molecule has 1 aromatic heterocycles. The lowest BCUT2D eigenvalue weighted by atomic mass is 10.3. The van der Waals surface area contributed by atoms with E-state index in [1.54, 1.807) is 18.2 Å². The molecule has 0 amide bonds. The third-order valence-corrected chi connectivity index (χ3v) is 2.42. The predicted octanol–water partition coefficient (Wildman–Crippen LogP) is 2.53. The number of anilines is 1. The summed E-state index contributed by atoms with van der Waals surface area (Å²) in [5.74, 6) is -1.24. The molecule has 0 fully saturated rings. The molecule has 0 saturated carbocycles. The first kappa shape index (κ1) is 13.1. The highest BCUT2D eigenvalue weighted by Crippen LogP contribution is 2.23. The second kappa shape index (κ2) is 5.51. The maximum Gasteiger partial charge on any atom is 0.213 e. The fourth-order valence-electron chi connectivity index (χ4n) is 1.46. The summed E-state index contributed by atoms with van der Waals surface area (Å²) in [5.41, 5.74) is 5.51. The predicted molar refractivity (Wildman–Crippen MR) is 65.9 cm³/mol. The summed E-state index contributed by atoms with van der Waals surface area (Å²) in [4.78, 5) is 4.09. The first-order valence-electron chi connectivity index (χ1n) is 5.47. The van der Waals surface area contributed by atoms with Crippen molar-refractivity contribution in [2.45, 2.75) is 6.61 Å². The molecule has 0 aliphatic carbocycles. The smallest absolute Gasteiger partial charge is 0.213 e. The molecule has 2 rings (SSSR count). The minimum Gasteiger partial charge on any atom is -0.484 e. The summed E-state index contributed by atoms with van der Waals surface area (Å²) in [5, 5.41) is 0. The van der Waals surface area contributed by atoms with E-state index in [1.165, 1.54) is 7.11 Å². The molecule has 2 aromatic rings. The molecule has 6 heteroatoms. The zero-order valence-electron chi connectivity index (χ0n) is 10.2. The molecule has 0 aliphatic heterocycles. The zero-order chi connectivity index (χ0) is 13.8. The molecule has 0 radical (unpaired) electrons. The van der Waals surface area contributed by atoms with Gasteiger partial charge in [-0.25, -0.2) is 13.8 Å². The van der Waals surface area contributed by atoms with Crippen LogP contribution in [-0.2, 0) is 6.61 Å². The number of hydrogen-bond acceptors (Lipinski definition) is 4. The molecule has 0 bridgehead atoms. The summed E-state index contributed by atoms with van der Waals surface area (Å²) in [6.07, 6.45) is 0. The number of benzene rings is 1. The van der Waals surface area contributed by atoms with Crippen molar-refractivity contribution in [3.05, 3.63) is 47.7 Å². The number of halogens is 2. The minimum absolute atomic E-state index is 0.00250. The van der Waals surface area contributed by atoms with Gasteiger partial charge in [0, 0.05) is 18.2 Å². The Morgan fingerprint density at radius 3 is 2.74 bits per heavy atom. The SMILES string of the molecule is COc1cccc(COc2cc(F)c(N)cc2F)n1. The van der Waals surface area contributed by atoms with Gasteiger partial charge in [0.2, 0.25) is 5.88 Å². The molecule has 100 valence electrons. The molecule has 0 spiro atoms. The summed E-state index contributed by atoms with van der Waals surface area (Å²) in [6, 6.07) is 6.88. The lowest BCUT2D eigenvalue weighted by molar-refractivity contribution is 0.282. The number of pyridine rings is 1. The number of hydrogen-bond donors (Lipinski definition) is 1. The lowest BCUT2D eigenvalue weighted by Crippen LogP contribution is -2.02. The average Bonchev–Trinajstić information content (AvgIpc) is 2.41. The molecule has 4 nitrogen and oxygen atoms in total. The lowest BCUT2D eigenvalue weighted by Gasteiger charge is -2.08. The topological polar surface area (TPSA) is 57.4 Å². The third-order valence-electron chi connectivity index (χ3n) is 2.42. The number of aromatic nitrogens is 1. The van der Waals surface area contributed by atoms with Crippen LogP contribution in [0.5, 0.6) is 11.6 Å². The Bertz CT molecular complexity index is 591. The Hall–Kier alpha value is -2.37. The van der Waals surface area contributed by atoms with Gasteiger partial charge in [-0.3, -0.25) is 0 Å². The van der Waals surface area contributed by atoms with E-state index >= 15 is 0 Å². The molecule has 0 atom stereocenters. The first-order chi connectivity index (χ1) is 9.10. The molecule has 0 aliphatic rings. The van der Waals surface area contributed by atoms with Gasteiger partial charge in [-0.1, -0.05) is 6.07 Å². The van der Waals surface area contributed by atoms with Crippen molar-refractivity contribution in [2.75, 3.05) is 12.8 Å². The fraction of sp³-hybridized carbons (Fsp3) is 0.154. The van der Waals surface area contributed by atoms with E-state index in [4.69, 9.17) is 15.2 Å². The highest BCUT2D eigenvalue weighted by molar-refractivity contribution is 5.44. The maximum atomic E-state index is 13.5. The zero-order valence-corrected chi connectivity index (χ0v) is 10.2. The van der Waals surface area contributed by atoms with Gasteiger partial charge in [-0.15, -0.1) is 0 Å². The van der Waals surface area contributed by atoms with E-state index in [-0.39, 0.29) is 18.0 Å². The van der Waals surface area contributed by atoms with Crippen molar-refractivity contribution in [3.8, 4) is 11.6 Å². The maximum absolute atomic E-state index is 13.5. The summed E-state index contributed by atoms with van der Waals surface area (Å²) >= 11 is 0. The first-order valence-corrected chi connectivity index (χ1v) is 5.47. The molecular weight excluding hydrogens is 254 g/mol. The van der Waals surface area contributed by atoms with Gasteiger partial charge in [0.25, 0.3) is 0 Å². The van der Waals surface area contributed by atoms with Crippen LogP contribution >= 0.6 is 0 Å². The normalized spacial score (nSPS) is 10.3. The third kappa shape index (κ3) is 3.09. The number of ether oxygens (including phenoxy) is 2. The van der Waals surface area contributed by atoms with E-state index < -0.39 is 11.6 Å². The van der Waals surface area contributed by atoms with E-state index in [2.05, 4.69) is 4.98 Å². The van der Waals surface area contributed by atoms with Gasteiger partial charge in [-0.2, -0.15) is 0 Å². The largest absolute Gasteiger partial charge is 0.484 e. The highest BCUT2D eigenvalue weighted by atomic mass is 19.1. The number of nitrogens with two attached hydrogens (primary N) is 1. The Balaban J connectivity index is 2.12. The van der Waals surface area contributed by atoms with E-state index in [0.717, 1.165) is 12.1 Å². The van der Waals surface area contributed by atoms with Gasteiger partial charge in [0.05, 0.1) is 18.5 Å². The molecule has 2 N–H and O–H groups in total. The standard InChI is InChI=1S/C13H12F2N2O2/c1-18-13-4-2-3-8(17-13)7-19-12-6-9(14)11(16)5-10(12)15/h2-6H,7,16H2,1H3. The quantitative estimate of drug-likeness (QED) is 0.864. The number of methoxy groups -OCH3 is 1. The van der Waals surface area contributed by atoms with Crippen molar-refractivity contribution in [3.63, 3.8) is 0 Å². The van der Waals surface area contributed by atoms with Crippen molar-refractivity contribution in [2.24, 2.45) is 0 Å². The Kier molecular flexibility index (Phi) is 3.79. The Morgan fingerprint density at radius 1 is 1.21 bits per heavy atom. The van der Waals surface area contributed by atoms with Crippen LogP contribution in [0.1, 0.15) is 5.69 Å². The average molecular weight is 266 g/mol. The van der Waals surface area contributed by atoms with Gasteiger partial charge in [0.15, 0.2) is 11.6 Å². The Morgan fingerprint density at radius 2 is 2.00 bits per heavy atom. The summed E-state index contributed by atoms with van der Waals surface area (Å²) in [6.45, 7) is -0.00250. The van der Waals surface area contributed by atoms with E-state index in [9.17, 15) is 8.78 Å². The van der Waals surface area contributed by atoms with Crippen LogP contribution in [-0.4, -0.2) is 12.1 Å². The van der Waals surface area contributed by atoms with Crippen LogP contribution in [0.15, 0.2) is 30.3 Å². The van der Waals surface area contributed by atoms with Gasteiger partial charge < -0.3 is 15.2 Å². The molecule has 1 heterocycles. The fourth-order valence-corrected chi connectivity index (χ4v) is 1.46. The van der Waals surface area contributed by atoms with Crippen LogP contribution in [0.4, 0.5) is 14.5 Å². The summed E-state index contributed by atoms with van der Waals surface area (Å²) in [7, 11) is 1.49. The molecule has 0 saturated heterocycles. The second-order valence-electron chi connectivity index (χ2n) is 3.76. The van der Waals surface area contributed by atoms with Crippen LogP contribution in [0.3, 0.4) is 0 Å². The highest BCUT2D eigenvalue weighted by Gasteiger charge is 2.09. The monoisotopic (exact) mass is 266 g/mol. The van der Waals surface area contributed by atoms with Gasteiger partial charge in [0.1, 0.15) is 12.4 Å². The molecule has 19 heavy (non-hydrogen) atoms. The van der Waals surface area contributed by atoms with Gasteiger partial charge in [-0.05, 0) is 6.07 Å². The van der Waals surface area contributed by atoms with E-state index in [0.29, 0.717) is 11.6 Å². The van der Waals surface area contributed by atoms with Crippen molar-refractivity contribution < 1.29 is 18.3 Å². The van der Waals surface area contributed by atoms with Crippen molar-refractivity contribution >= 4 is 5.69 Å². The van der Waals surface area contributed by atoms with Crippen LogP contribution in [0.25, 0.3) is 0 Å². The van der Waals surface area contributed by atoms with Gasteiger partial charge >= 0.3 is 0 Å². The number of rotatable bonds is 4. The molecule has 1 aromatic carbocycles. The number of nitrogen functional groups attached to an aromatic ring is 1. The number of nitrogens with zero attached hydrogens (tertiary/aromatic N) is 1. The van der Waals surface area contributed by atoms with Crippen LogP contribution in [0.2, 0.25) is 0 Å². The minimum atomic E-state index is -0.727. The van der Waals surface area contributed by atoms with E-state index in [1.807, 2.05) is 0 Å². The molecule has 0 unspecified atom stereocenters. The van der Waals surface area contributed by atoms with Crippen molar-refractivity contribution in [1.82, 2.24) is 4.98 Å². The molecular formula is C13H12F2N2O2.